The molecular formula is C16H15N5OS. The van der Waals surface area contributed by atoms with E-state index in [4.69, 9.17) is 11.1 Å². The quantitative estimate of drug-likeness (QED) is 0.297. The van der Waals surface area contributed by atoms with Crippen molar-refractivity contribution in [2.75, 3.05) is 5.88 Å². The van der Waals surface area contributed by atoms with Crippen LogP contribution >= 0.6 is 11.8 Å². The number of nitrogens with zero attached hydrogens (tertiary/aromatic N) is 2. The number of aromatic nitrogens is 2. The number of nitrogens with two attached hydrogens (primary N) is 1. The molecule has 0 saturated heterocycles. The van der Waals surface area contributed by atoms with Gasteiger partial charge in [-0.05, 0) is 24.3 Å². The molecule has 0 aliphatic carbocycles. The van der Waals surface area contributed by atoms with E-state index in [1.165, 1.54) is 16.7 Å². The van der Waals surface area contributed by atoms with E-state index in [0.29, 0.717) is 10.7 Å². The second-order valence-electron chi connectivity index (χ2n) is 4.82. The Balaban J connectivity index is 1.75. The molecule has 1 heterocycles. The largest absolute Gasteiger partial charge is 0.370 e. The first-order valence-electron chi connectivity index (χ1n) is 6.93. The summed E-state index contributed by atoms with van der Waals surface area (Å²) in [5.41, 5.74) is 7.84. The highest BCUT2D eigenvalue weighted by Crippen LogP contribution is 2.20. The molecule has 7 heteroatoms. The van der Waals surface area contributed by atoms with Crippen LogP contribution in [0.25, 0.3) is 11.0 Å². The lowest BCUT2D eigenvalue weighted by Gasteiger charge is -2.19. The molecule has 3 rings (SSSR count). The van der Waals surface area contributed by atoms with Gasteiger partial charge in [-0.2, -0.15) is 0 Å². The van der Waals surface area contributed by atoms with E-state index in [-0.39, 0.29) is 17.7 Å². The van der Waals surface area contributed by atoms with Crippen LogP contribution in [-0.4, -0.2) is 32.6 Å². The molecule has 3 aromatic rings. The molecule has 0 radical (unpaired) electrons. The number of nitrogens with one attached hydrogen (secondary N) is 2. The number of imidazole rings is 1. The lowest BCUT2D eigenvalue weighted by molar-refractivity contribution is 0.0863. The van der Waals surface area contributed by atoms with Crippen LogP contribution in [0.2, 0.25) is 0 Å². The standard InChI is InChI=1S/C16H15N5OS/c17-15(18)21(14(22)11-6-2-1-3-7-11)10-23-16-19-12-8-4-5-9-13(12)20-16/h1-9H,10H2,(H3,17,18)(H,19,20). The van der Waals surface area contributed by atoms with Gasteiger partial charge in [0.15, 0.2) is 11.1 Å². The summed E-state index contributed by atoms with van der Waals surface area (Å²) in [6.45, 7) is 0. The van der Waals surface area contributed by atoms with Crippen LogP contribution in [-0.2, 0) is 0 Å². The molecule has 0 fully saturated rings. The van der Waals surface area contributed by atoms with E-state index in [2.05, 4.69) is 9.97 Å². The van der Waals surface area contributed by atoms with Crippen LogP contribution in [0.1, 0.15) is 10.4 Å². The molecular weight excluding hydrogens is 310 g/mol. The van der Waals surface area contributed by atoms with Crippen molar-refractivity contribution in [2.24, 2.45) is 5.73 Å². The maximum Gasteiger partial charge on any atom is 0.261 e. The molecule has 1 aromatic heterocycles. The number of benzene rings is 2. The van der Waals surface area contributed by atoms with Gasteiger partial charge in [0.25, 0.3) is 5.91 Å². The highest BCUT2D eigenvalue weighted by atomic mass is 32.2. The average molecular weight is 325 g/mol. The van der Waals surface area contributed by atoms with Crippen molar-refractivity contribution in [1.82, 2.24) is 14.9 Å². The lowest BCUT2D eigenvalue weighted by Crippen LogP contribution is -2.41. The maximum absolute atomic E-state index is 12.4. The highest BCUT2D eigenvalue weighted by molar-refractivity contribution is 7.99. The Bertz CT molecular complexity index is 813. The number of H-pyrrole nitrogens is 1. The number of para-hydroxylation sites is 2. The van der Waals surface area contributed by atoms with E-state index in [1.54, 1.807) is 24.3 Å². The lowest BCUT2D eigenvalue weighted by atomic mass is 10.2. The van der Waals surface area contributed by atoms with Crippen LogP contribution in [0.5, 0.6) is 0 Å². The first-order valence-corrected chi connectivity index (χ1v) is 7.92. The molecule has 116 valence electrons. The monoisotopic (exact) mass is 325 g/mol. The molecule has 0 bridgehead atoms. The van der Waals surface area contributed by atoms with Gasteiger partial charge in [0, 0.05) is 5.56 Å². The zero-order chi connectivity index (χ0) is 16.2. The SMILES string of the molecule is N=C(N)N(CSc1nc2ccccc2[nH]1)C(=O)c1ccccc1. The molecule has 6 nitrogen and oxygen atoms in total. The third kappa shape index (κ3) is 3.35. The highest BCUT2D eigenvalue weighted by Gasteiger charge is 2.19. The Morgan fingerprint density at radius 3 is 2.57 bits per heavy atom. The number of hydrogen-bond acceptors (Lipinski definition) is 4. The van der Waals surface area contributed by atoms with E-state index >= 15 is 0 Å². The summed E-state index contributed by atoms with van der Waals surface area (Å²) in [6, 6.07) is 16.5. The zero-order valence-electron chi connectivity index (χ0n) is 12.2. The first-order chi connectivity index (χ1) is 11.1. The third-order valence-electron chi connectivity index (χ3n) is 3.25. The molecule has 23 heavy (non-hydrogen) atoms. The zero-order valence-corrected chi connectivity index (χ0v) is 13.0. The van der Waals surface area contributed by atoms with Gasteiger partial charge < -0.3 is 10.7 Å². The Hall–Kier alpha value is -2.80. The fraction of sp³-hybridized carbons (Fsp3) is 0.0625. The van der Waals surface area contributed by atoms with E-state index in [1.807, 2.05) is 30.3 Å². The number of rotatable bonds is 4. The summed E-state index contributed by atoms with van der Waals surface area (Å²) in [5, 5.41) is 8.32. The van der Waals surface area contributed by atoms with Crippen LogP contribution in [0.4, 0.5) is 0 Å². The van der Waals surface area contributed by atoms with Gasteiger partial charge in [-0.3, -0.25) is 15.1 Å². The minimum Gasteiger partial charge on any atom is -0.370 e. The second kappa shape index (κ2) is 6.53. The van der Waals surface area contributed by atoms with Gasteiger partial charge in [-0.15, -0.1) is 0 Å². The second-order valence-corrected chi connectivity index (χ2v) is 5.75. The smallest absolute Gasteiger partial charge is 0.261 e. The van der Waals surface area contributed by atoms with E-state index in [0.717, 1.165) is 11.0 Å². The van der Waals surface area contributed by atoms with Crippen LogP contribution in [0.3, 0.4) is 0 Å². The van der Waals surface area contributed by atoms with Crippen molar-refractivity contribution in [3.8, 4) is 0 Å². The summed E-state index contributed by atoms with van der Waals surface area (Å²) in [6.07, 6.45) is 0. The Labute approximate surface area is 137 Å². The van der Waals surface area contributed by atoms with Crippen LogP contribution < -0.4 is 5.73 Å². The Morgan fingerprint density at radius 1 is 1.17 bits per heavy atom. The third-order valence-corrected chi connectivity index (χ3v) is 4.11. The van der Waals surface area contributed by atoms with Crippen molar-refractivity contribution in [1.29, 1.82) is 5.41 Å². The van der Waals surface area contributed by atoms with Crippen molar-refractivity contribution in [3.05, 3.63) is 60.2 Å². The van der Waals surface area contributed by atoms with Gasteiger partial charge in [-0.25, -0.2) is 4.98 Å². The normalized spacial score (nSPS) is 10.6. The van der Waals surface area contributed by atoms with Crippen molar-refractivity contribution in [2.45, 2.75) is 5.16 Å². The first kappa shape index (κ1) is 15.1. The molecule has 4 N–H and O–H groups in total. The molecule has 0 unspecified atom stereocenters. The Kier molecular flexibility index (Phi) is 4.29. The van der Waals surface area contributed by atoms with Gasteiger partial charge in [0.05, 0.1) is 16.9 Å². The van der Waals surface area contributed by atoms with Gasteiger partial charge >= 0.3 is 0 Å². The number of guanidine groups is 1. The summed E-state index contributed by atoms with van der Waals surface area (Å²) < 4.78 is 0. The predicted molar refractivity (Wildman–Crippen MR) is 91.3 cm³/mol. The number of fused-ring (bicyclic) bond motifs is 1. The minimum atomic E-state index is -0.304. The van der Waals surface area contributed by atoms with E-state index < -0.39 is 0 Å². The van der Waals surface area contributed by atoms with Crippen molar-refractivity contribution >= 4 is 34.7 Å². The molecule has 0 aliphatic heterocycles. The molecule has 0 atom stereocenters. The molecule has 0 spiro atoms. The summed E-state index contributed by atoms with van der Waals surface area (Å²) in [5.74, 6) is -0.382. The van der Waals surface area contributed by atoms with Gasteiger partial charge in [-0.1, -0.05) is 42.1 Å². The average Bonchev–Trinajstić information content (AvgIpc) is 2.98. The molecule has 0 saturated carbocycles. The number of aromatic amines is 1. The number of carbonyl (C=O) groups excluding carboxylic acids is 1. The van der Waals surface area contributed by atoms with Crippen molar-refractivity contribution < 1.29 is 4.79 Å². The Morgan fingerprint density at radius 2 is 1.87 bits per heavy atom. The van der Waals surface area contributed by atoms with E-state index in [9.17, 15) is 4.79 Å². The fourth-order valence-corrected chi connectivity index (χ4v) is 2.95. The fourth-order valence-electron chi connectivity index (χ4n) is 2.10. The van der Waals surface area contributed by atoms with Crippen molar-refractivity contribution in [3.63, 3.8) is 0 Å². The minimum absolute atomic E-state index is 0.211. The van der Waals surface area contributed by atoms with Gasteiger partial charge in [0.2, 0.25) is 0 Å². The van der Waals surface area contributed by atoms with Gasteiger partial charge in [0.1, 0.15) is 0 Å². The molecule has 2 aromatic carbocycles. The number of carbonyl (C=O) groups is 1. The summed E-state index contributed by atoms with van der Waals surface area (Å²) in [7, 11) is 0. The number of amides is 1. The van der Waals surface area contributed by atoms with Crippen LogP contribution in [0.15, 0.2) is 59.8 Å². The molecule has 0 aliphatic rings. The maximum atomic E-state index is 12.4. The summed E-state index contributed by atoms with van der Waals surface area (Å²) in [4.78, 5) is 21.3. The number of thioether (sulfide) groups is 1. The summed E-state index contributed by atoms with van der Waals surface area (Å²) >= 11 is 1.32. The predicted octanol–water partition coefficient (Wildman–Crippen LogP) is 2.65. The van der Waals surface area contributed by atoms with Crippen LogP contribution in [0, 0.1) is 5.41 Å². The topological polar surface area (TPSA) is 98.9 Å². The number of hydrogen-bond donors (Lipinski definition) is 3. The molecule has 1 amide bonds.